The maximum absolute atomic E-state index is 12.7. The quantitative estimate of drug-likeness (QED) is 0.910. The van der Waals surface area contributed by atoms with E-state index in [1.807, 2.05) is 39.0 Å². The average Bonchev–Trinajstić information content (AvgIpc) is 2.37. The second-order valence-electron chi connectivity index (χ2n) is 6.01. The molecule has 0 spiro atoms. The minimum absolute atomic E-state index is 0.306. The minimum atomic E-state index is -3.61. The standard InChI is InChI=1S/C17H20ClNO2S/c1-12-5-10-16(13(2)11-12)22(20,21)19-17(3,4)14-6-8-15(18)9-7-14/h5-11,19H,1-4H3. The van der Waals surface area contributed by atoms with Crippen LogP contribution in [0.15, 0.2) is 47.4 Å². The molecule has 1 N–H and O–H groups in total. The lowest BCUT2D eigenvalue weighted by molar-refractivity contribution is 0.472. The van der Waals surface area contributed by atoms with Gasteiger partial charge in [0.15, 0.2) is 0 Å². The van der Waals surface area contributed by atoms with E-state index in [1.54, 1.807) is 31.2 Å². The molecule has 0 unspecified atom stereocenters. The molecule has 2 rings (SSSR count). The van der Waals surface area contributed by atoms with Crippen LogP contribution < -0.4 is 4.72 Å². The molecule has 0 saturated heterocycles. The molecule has 2 aromatic rings. The Balaban J connectivity index is 2.36. The summed E-state index contributed by atoms with van der Waals surface area (Å²) in [6, 6.07) is 12.5. The summed E-state index contributed by atoms with van der Waals surface area (Å²) in [6.07, 6.45) is 0. The lowest BCUT2D eigenvalue weighted by Gasteiger charge is -2.27. The van der Waals surface area contributed by atoms with E-state index in [-0.39, 0.29) is 0 Å². The summed E-state index contributed by atoms with van der Waals surface area (Å²) in [6.45, 7) is 7.40. The van der Waals surface area contributed by atoms with Gasteiger partial charge in [-0.25, -0.2) is 13.1 Å². The Hall–Kier alpha value is -1.36. The van der Waals surface area contributed by atoms with Gasteiger partial charge in [-0.15, -0.1) is 0 Å². The normalized spacial score (nSPS) is 12.4. The number of rotatable bonds is 4. The van der Waals surface area contributed by atoms with Gasteiger partial charge >= 0.3 is 0 Å². The Morgan fingerprint density at radius 1 is 1.00 bits per heavy atom. The molecule has 22 heavy (non-hydrogen) atoms. The Morgan fingerprint density at radius 2 is 1.59 bits per heavy atom. The molecule has 0 aliphatic carbocycles. The Kier molecular flexibility index (Phi) is 4.66. The van der Waals surface area contributed by atoms with Crippen molar-refractivity contribution in [1.29, 1.82) is 0 Å². The zero-order valence-electron chi connectivity index (χ0n) is 13.1. The number of nitrogens with one attached hydrogen (secondary N) is 1. The summed E-state index contributed by atoms with van der Waals surface area (Å²) in [7, 11) is -3.61. The van der Waals surface area contributed by atoms with Crippen molar-refractivity contribution < 1.29 is 8.42 Å². The monoisotopic (exact) mass is 337 g/mol. The lowest BCUT2D eigenvalue weighted by atomic mass is 9.96. The van der Waals surface area contributed by atoms with Crippen molar-refractivity contribution in [3.8, 4) is 0 Å². The van der Waals surface area contributed by atoms with Crippen molar-refractivity contribution in [2.45, 2.75) is 38.1 Å². The van der Waals surface area contributed by atoms with E-state index in [2.05, 4.69) is 4.72 Å². The Labute approximate surface area is 137 Å². The summed E-state index contributed by atoms with van der Waals surface area (Å²) in [4.78, 5) is 0.306. The smallest absolute Gasteiger partial charge is 0.207 e. The van der Waals surface area contributed by atoms with Gasteiger partial charge in [-0.3, -0.25) is 0 Å². The molecule has 0 radical (unpaired) electrons. The summed E-state index contributed by atoms with van der Waals surface area (Å²) < 4.78 is 28.1. The van der Waals surface area contributed by atoms with Gasteiger partial charge in [-0.05, 0) is 57.0 Å². The van der Waals surface area contributed by atoms with Crippen LogP contribution in [0.5, 0.6) is 0 Å². The van der Waals surface area contributed by atoms with Crippen LogP contribution in [-0.4, -0.2) is 8.42 Å². The van der Waals surface area contributed by atoms with Crippen LogP contribution in [-0.2, 0) is 15.6 Å². The van der Waals surface area contributed by atoms with Gasteiger partial charge in [0, 0.05) is 5.02 Å². The first kappa shape index (κ1) is 17.0. The number of hydrogen-bond donors (Lipinski definition) is 1. The molecule has 0 aliphatic rings. The van der Waals surface area contributed by atoms with Crippen LogP contribution in [0.4, 0.5) is 0 Å². The maximum atomic E-state index is 12.7. The fourth-order valence-corrected chi connectivity index (χ4v) is 4.17. The first-order chi connectivity index (χ1) is 10.1. The van der Waals surface area contributed by atoms with E-state index in [9.17, 15) is 8.42 Å². The number of halogens is 1. The number of aryl methyl sites for hydroxylation is 2. The predicted octanol–water partition coefficient (Wildman–Crippen LogP) is 4.17. The minimum Gasteiger partial charge on any atom is -0.207 e. The molecule has 3 nitrogen and oxygen atoms in total. The Bertz CT molecular complexity index is 781. The van der Waals surface area contributed by atoms with Gasteiger partial charge in [0.05, 0.1) is 10.4 Å². The van der Waals surface area contributed by atoms with Gasteiger partial charge in [0.2, 0.25) is 10.0 Å². The number of sulfonamides is 1. The van der Waals surface area contributed by atoms with E-state index in [0.29, 0.717) is 9.92 Å². The number of hydrogen-bond acceptors (Lipinski definition) is 2. The van der Waals surface area contributed by atoms with E-state index in [4.69, 9.17) is 11.6 Å². The average molecular weight is 338 g/mol. The van der Waals surface area contributed by atoms with Crippen LogP contribution in [0.2, 0.25) is 5.02 Å². The second-order valence-corrected chi connectivity index (χ2v) is 8.09. The third kappa shape index (κ3) is 3.69. The fraction of sp³-hybridized carbons (Fsp3) is 0.294. The SMILES string of the molecule is Cc1ccc(S(=O)(=O)NC(C)(C)c2ccc(Cl)cc2)c(C)c1. The molecular weight excluding hydrogens is 318 g/mol. The lowest BCUT2D eigenvalue weighted by Crippen LogP contribution is -2.41. The molecule has 0 amide bonds. The first-order valence-corrected chi connectivity index (χ1v) is 8.85. The summed E-state index contributed by atoms with van der Waals surface area (Å²) in [5, 5.41) is 0.622. The second kappa shape index (κ2) is 6.03. The summed E-state index contributed by atoms with van der Waals surface area (Å²) >= 11 is 5.89. The summed E-state index contributed by atoms with van der Waals surface area (Å²) in [5.74, 6) is 0. The highest BCUT2D eigenvalue weighted by atomic mass is 35.5. The van der Waals surface area contributed by atoms with Crippen molar-refractivity contribution in [3.63, 3.8) is 0 Å². The van der Waals surface area contributed by atoms with E-state index in [0.717, 1.165) is 16.7 Å². The molecule has 118 valence electrons. The van der Waals surface area contributed by atoms with Crippen LogP contribution in [0.1, 0.15) is 30.5 Å². The molecule has 0 aliphatic heterocycles. The van der Waals surface area contributed by atoms with E-state index < -0.39 is 15.6 Å². The van der Waals surface area contributed by atoms with E-state index in [1.165, 1.54) is 0 Å². The molecule has 2 aromatic carbocycles. The van der Waals surface area contributed by atoms with Gasteiger partial charge in [-0.1, -0.05) is 41.4 Å². The molecule has 0 saturated carbocycles. The zero-order valence-corrected chi connectivity index (χ0v) is 14.7. The highest BCUT2D eigenvalue weighted by Gasteiger charge is 2.28. The molecule has 0 bridgehead atoms. The highest BCUT2D eigenvalue weighted by molar-refractivity contribution is 7.89. The van der Waals surface area contributed by atoms with Crippen LogP contribution >= 0.6 is 11.6 Å². The van der Waals surface area contributed by atoms with Crippen molar-refractivity contribution in [1.82, 2.24) is 4.72 Å². The van der Waals surface area contributed by atoms with E-state index >= 15 is 0 Å². The molecule has 0 heterocycles. The molecular formula is C17H20ClNO2S. The highest BCUT2D eigenvalue weighted by Crippen LogP contribution is 2.25. The third-order valence-corrected chi connectivity index (χ3v) is 5.64. The van der Waals surface area contributed by atoms with Gasteiger partial charge < -0.3 is 0 Å². The van der Waals surface area contributed by atoms with Crippen LogP contribution in [0.3, 0.4) is 0 Å². The third-order valence-electron chi connectivity index (χ3n) is 3.58. The summed E-state index contributed by atoms with van der Waals surface area (Å²) in [5.41, 5.74) is 1.89. The topological polar surface area (TPSA) is 46.2 Å². The molecule has 5 heteroatoms. The molecule has 0 atom stereocenters. The van der Waals surface area contributed by atoms with Crippen molar-refractivity contribution in [2.75, 3.05) is 0 Å². The molecule has 0 aromatic heterocycles. The molecule has 0 fully saturated rings. The van der Waals surface area contributed by atoms with Crippen molar-refractivity contribution in [3.05, 3.63) is 64.2 Å². The van der Waals surface area contributed by atoms with Gasteiger partial charge in [-0.2, -0.15) is 0 Å². The van der Waals surface area contributed by atoms with Crippen molar-refractivity contribution in [2.24, 2.45) is 0 Å². The number of benzene rings is 2. The predicted molar refractivity (Wildman–Crippen MR) is 90.7 cm³/mol. The first-order valence-electron chi connectivity index (χ1n) is 6.99. The van der Waals surface area contributed by atoms with Crippen LogP contribution in [0, 0.1) is 13.8 Å². The largest absolute Gasteiger partial charge is 0.241 e. The van der Waals surface area contributed by atoms with Crippen LogP contribution in [0.25, 0.3) is 0 Å². The van der Waals surface area contributed by atoms with Gasteiger partial charge in [0.1, 0.15) is 0 Å². The van der Waals surface area contributed by atoms with Gasteiger partial charge in [0.25, 0.3) is 0 Å². The zero-order chi connectivity index (χ0) is 16.5. The fourth-order valence-electron chi connectivity index (χ4n) is 2.42. The Morgan fingerprint density at radius 3 is 2.14 bits per heavy atom. The maximum Gasteiger partial charge on any atom is 0.241 e. The van der Waals surface area contributed by atoms with Crippen molar-refractivity contribution >= 4 is 21.6 Å².